The third-order valence-corrected chi connectivity index (χ3v) is 1.34. The predicted molar refractivity (Wildman–Crippen MR) is 40.5 cm³/mol. The lowest BCUT2D eigenvalue weighted by Gasteiger charge is -2.02. The summed E-state index contributed by atoms with van der Waals surface area (Å²) in [5.41, 5.74) is 0.412. The van der Waals surface area contributed by atoms with E-state index in [1.54, 1.807) is 0 Å². The van der Waals surface area contributed by atoms with Gasteiger partial charge in [-0.05, 0) is 12.3 Å². The summed E-state index contributed by atoms with van der Waals surface area (Å²) in [7, 11) is 0. The molecule has 0 saturated heterocycles. The van der Waals surface area contributed by atoms with E-state index in [4.69, 9.17) is 0 Å². The van der Waals surface area contributed by atoms with Gasteiger partial charge in [0.25, 0.3) is 0 Å². The molecule has 66 valence electrons. The highest BCUT2D eigenvalue weighted by Crippen LogP contribution is 2.06. The van der Waals surface area contributed by atoms with Gasteiger partial charge < -0.3 is 0 Å². The minimum Gasteiger partial charge on any atom is -0.207 e. The van der Waals surface area contributed by atoms with Crippen LogP contribution in [0.4, 0.5) is 8.78 Å². The normalized spacial score (nSPS) is 10.8. The molecular weight excluding hydrogens is 162 g/mol. The van der Waals surface area contributed by atoms with Crippen molar-refractivity contribution in [2.45, 2.75) is 20.3 Å². The maximum atomic E-state index is 12.5. The van der Waals surface area contributed by atoms with E-state index in [2.05, 4.69) is 9.97 Å². The van der Waals surface area contributed by atoms with Crippen LogP contribution in [0.1, 0.15) is 19.5 Å². The molecule has 0 aliphatic rings. The Hall–Kier alpha value is -1.06. The van der Waals surface area contributed by atoms with Gasteiger partial charge in [0.15, 0.2) is 0 Å². The molecule has 4 heteroatoms. The topological polar surface area (TPSA) is 25.8 Å². The van der Waals surface area contributed by atoms with Crippen molar-refractivity contribution in [3.05, 3.63) is 23.8 Å². The molecule has 12 heavy (non-hydrogen) atoms. The second-order valence-corrected chi connectivity index (χ2v) is 3.05. The first-order valence-electron chi connectivity index (χ1n) is 3.77. The number of halogens is 2. The highest BCUT2D eigenvalue weighted by molar-refractivity contribution is 5.00. The van der Waals surface area contributed by atoms with E-state index in [0.717, 1.165) is 6.07 Å². The first kappa shape index (κ1) is 9.03. The molecule has 0 amide bonds. The molecule has 0 aliphatic carbocycles. The third kappa shape index (κ3) is 2.53. The maximum Gasteiger partial charge on any atom is 0.311 e. The zero-order valence-electron chi connectivity index (χ0n) is 7.01. The smallest absolute Gasteiger partial charge is 0.207 e. The van der Waals surface area contributed by atoms with Gasteiger partial charge in [-0.3, -0.25) is 0 Å². The van der Waals surface area contributed by atoms with E-state index < -0.39 is 12.0 Å². The van der Waals surface area contributed by atoms with Gasteiger partial charge in [0.2, 0.25) is 5.95 Å². The molecule has 0 fully saturated rings. The van der Waals surface area contributed by atoms with Crippen LogP contribution in [0.2, 0.25) is 0 Å². The predicted octanol–water partition coefficient (Wildman–Crippen LogP) is 1.95. The standard InChI is InChI=1S/C8H10F2N2/c1-5(2)3-6-4-7(9)12-8(10)11-6/h4-5H,3H2,1-2H3. The fourth-order valence-corrected chi connectivity index (χ4v) is 0.957. The van der Waals surface area contributed by atoms with Crippen molar-refractivity contribution < 1.29 is 8.78 Å². The Morgan fingerprint density at radius 1 is 1.33 bits per heavy atom. The van der Waals surface area contributed by atoms with Crippen LogP contribution in [0.3, 0.4) is 0 Å². The van der Waals surface area contributed by atoms with Crippen LogP contribution in [0.15, 0.2) is 6.07 Å². The number of rotatable bonds is 2. The fourth-order valence-electron chi connectivity index (χ4n) is 0.957. The number of hydrogen-bond acceptors (Lipinski definition) is 2. The summed E-state index contributed by atoms with van der Waals surface area (Å²) in [5, 5.41) is 0. The summed E-state index contributed by atoms with van der Waals surface area (Å²) in [5.74, 6) is -0.475. The molecule has 1 aromatic heterocycles. The van der Waals surface area contributed by atoms with E-state index in [9.17, 15) is 8.78 Å². The Labute approximate surface area is 69.7 Å². The zero-order chi connectivity index (χ0) is 9.14. The van der Waals surface area contributed by atoms with Crippen molar-refractivity contribution >= 4 is 0 Å². The average molecular weight is 172 g/mol. The van der Waals surface area contributed by atoms with Crippen LogP contribution in [0.25, 0.3) is 0 Å². The molecule has 1 heterocycles. The van der Waals surface area contributed by atoms with Gasteiger partial charge in [0.05, 0.1) is 5.69 Å². The lowest BCUT2D eigenvalue weighted by molar-refractivity contribution is 0.470. The summed E-state index contributed by atoms with van der Waals surface area (Å²) in [6.07, 6.45) is -0.429. The van der Waals surface area contributed by atoms with Crippen LogP contribution >= 0.6 is 0 Å². The molecule has 0 saturated carbocycles. The van der Waals surface area contributed by atoms with Crippen molar-refractivity contribution in [3.8, 4) is 0 Å². The molecule has 0 N–H and O–H groups in total. The second-order valence-electron chi connectivity index (χ2n) is 3.05. The van der Waals surface area contributed by atoms with E-state index in [0.29, 0.717) is 18.0 Å². The Balaban J connectivity index is 2.85. The summed E-state index contributed by atoms with van der Waals surface area (Å²) in [6, 6.07) is 1.16. The molecule has 0 radical (unpaired) electrons. The Morgan fingerprint density at radius 3 is 2.50 bits per heavy atom. The average Bonchev–Trinajstić information content (AvgIpc) is 1.81. The Kier molecular flexibility index (Phi) is 2.68. The van der Waals surface area contributed by atoms with Gasteiger partial charge in [-0.1, -0.05) is 13.8 Å². The van der Waals surface area contributed by atoms with E-state index in [1.165, 1.54) is 0 Å². The molecule has 0 atom stereocenters. The van der Waals surface area contributed by atoms with Gasteiger partial charge in [-0.2, -0.15) is 13.8 Å². The fraction of sp³-hybridized carbons (Fsp3) is 0.500. The van der Waals surface area contributed by atoms with Crippen LogP contribution in [-0.4, -0.2) is 9.97 Å². The van der Waals surface area contributed by atoms with Crippen molar-refractivity contribution in [3.63, 3.8) is 0 Å². The van der Waals surface area contributed by atoms with Crippen molar-refractivity contribution in [2.75, 3.05) is 0 Å². The summed E-state index contributed by atoms with van der Waals surface area (Å²) < 4.78 is 24.9. The summed E-state index contributed by atoms with van der Waals surface area (Å²) in [4.78, 5) is 6.35. The number of nitrogens with zero attached hydrogens (tertiary/aromatic N) is 2. The molecule has 0 spiro atoms. The Bertz CT molecular complexity index is 254. The van der Waals surface area contributed by atoms with Gasteiger partial charge in [0, 0.05) is 6.07 Å². The van der Waals surface area contributed by atoms with Gasteiger partial charge in [0.1, 0.15) is 0 Å². The SMILES string of the molecule is CC(C)Cc1cc(F)nc(F)n1. The summed E-state index contributed by atoms with van der Waals surface area (Å²) >= 11 is 0. The highest BCUT2D eigenvalue weighted by Gasteiger charge is 2.04. The van der Waals surface area contributed by atoms with Gasteiger partial charge >= 0.3 is 6.08 Å². The monoisotopic (exact) mass is 172 g/mol. The molecule has 0 bridgehead atoms. The quantitative estimate of drug-likeness (QED) is 0.503. The lowest BCUT2D eigenvalue weighted by atomic mass is 10.1. The third-order valence-electron chi connectivity index (χ3n) is 1.34. The molecule has 1 rings (SSSR count). The Morgan fingerprint density at radius 2 is 2.00 bits per heavy atom. The van der Waals surface area contributed by atoms with Crippen LogP contribution in [-0.2, 0) is 6.42 Å². The maximum absolute atomic E-state index is 12.5. The zero-order valence-corrected chi connectivity index (χ0v) is 7.01. The van der Waals surface area contributed by atoms with E-state index in [1.807, 2.05) is 13.8 Å². The van der Waals surface area contributed by atoms with E-state index >= 15 is 0 Å². The summed E-state index contributed by atoms with van der Waals surface area (Å²) in [6.45, 7) is 3.91. The minimum atomic E-state index is -0.995. The van der Waals surface area contributed by atoms with Gasteiger partial charge in [-0.25, -0.2) is 4.98 Å². The molecule has 0 aliphatic heterocycles. The van der Waals surface area contributed by atoms with Crippen LogP contribution in [0.5, 0.6) is 0 Å². The largest absolute Gasteiger partial charge is 0.311 e. The first-order valence-corrected chi connectivity index (χ1v) is 3.77. The molecule has 0 unspecified atom stereocenters. The van der Waals surface area contributed by atoms with Crippen LogP contribution in [0, 0.1) is 17.9 Å². The first-order chi connectivity index (χ1) is 5.58. The number of hydrogen-bond donors (Lipinski definition) is 0. The number of aromatic nitrogens is 2. The lowest BCUT2D eigenvalue weighted by Crippen LogP contribution is -2.02. The van der Waals surface area contributed by atoms with Crippen LogP contribution < -0.4 is 0 Å². The van der Waals surface area contributed by atoms with E-state index in [-0.39, 0.29) is 0 Å². The molecular formula is C8H10F2N2. The highest BCUT2D eigenvalue weighted by atomic mass is 19.1. The van der Waals surface area contributed by atoms with Gasteiger partial charge in [-0.15, -0.1) is 0 Å². The van der Waals surface area contributed by atoms with Crippen molar-refractivity contribution in [2.24, 2.45) is 5.92 Å². The van der Waals surface area contributed by atoms with Crippen molar-refractivity contribution in [1.82, 2.24) is 9.97 Å². The molecule has 2 nitrogen and oxygen atoms in total. The molecule has 1 aromatic rings. The van der Waals surface area contributed by atoms with Crippen molar-refractivity contribution in [1.29, 1.82) is 0 Å². The minimum absolute atomic E-state index is 0.332. The second kappa shape index (κ2) is 3.56. The molecule has 0 aromatic carbocycles.